The number of hydrogen-bond donors (Lipinski definition) is 1. The van der Waals surface area contributed by atoms with Gasteiger partial charge in [-0.25, -0.2) is 0 Å². The monoisotopic (exact) mass is 485 g/mol. The van der Waals surface area contributed by atoms with Gasteiger partial charge in [-0.2, -0.15) is 0 Å². The van der Waals surface area contributed by atoms with E-state index >= 15 is 0 Å². The number of nitrogens with one attached hydrogen (secondary N) is 1. The van der Waals surface area contributed by atoms with Crippen molar-refractivity contribution >= 4 is 23.4 Å². The summed E-state index contributed by atoms with van der Waals surface area (Å²) in [5.74, 6) is 1.47. The number of anilines is 1. The highest BCUT2D eigenvalue weighted by Crippen LogP contribution is 2.33. The van der Waals surface area contributed by atoms with Crippen LogP contribution in [-0.4, -0.2) is 31.4 Å². The van der Waals surface area contributed by atoms with Crippen molar-refractivity contribution in [2.24, 2.45) is 0 Å². The van der Waals surface area contributed by atoms with Crippen molar-refractivity contribution in [2.75, 3.05) is 11.1 Å². The quantitative estimate of drug-likeness (QED) is 0.284. The van der Waals surface area contributed by atoms with E-state index in [0.29, 0.717) is 22.8 Å². The van der Waals surface area contributed by atoms with Gasteiger partial charge in [0.15, 0.2) is 11.0 Å². The molecular weight excluding hydrogens is 454 g/mol. The summed E-state index contributed by atoms with van der Waals surface area (Å²) >= 11 is 1.38. The number of benzene rings is 2. The van der Waals surface area contributed by atoms with Crippen LogP contribution in [0.1, 0.15) is 56.2 Å². The first-order chi connectivity index (χ1) is 16.9. The predicted molar refractivity (Wildman–Crippen MR) is 143 cm³/mol. The lowest BCUT2D eigenvalue weighted by Crippen LogP contribution is -2.18. The minimum Gasteiger partial charge on any atom is -0.325 e. The molecule has 4 rings (SSSR count). The Hall–Kier alpha value is -3.45. The van der Waals surface area contributed by atoms with Gasteiger partial charge in [0, 0.05) is 23.6 Å². The first-order valence-corrected chi connectivity index (χ1v) is 12.8. The molecule has 1 amide bonds. The Bertz CT molecular complexity index is 1290. The molecule has 0 spiro atoms. The zero-order valence-electron chi connectivity index (χ0n) is 20.8. The number of carbonyl (C=O) groups excluding carboxylic acids is 1. The second-order valence-corrected chi connectivity index (χ2v) is 10.1. The minimum atomic E-state index is -0.0627. The number of aryl methyl sites for hydroxylation is 1. The number of nitrogens with zero attached hydrogens (tertiary/aromatic N) is 4. The van der Waals surface area contributed by atoms with E-state index in [2.05, 4.69) is 79.4 Å². The average Bonchev–Trinajstić information content (AvgIpc) is 3.27. The zero-order chi connectivity index (χ0) is 24.9. The molecule has 0 unspecified atom stereocenters. The summed E-state index contributed by atoms with van der Waals surface area (Å²) in [5, 5.41) is 12.8. The highest BCUT2D eigenvalue weighted by molar-refractivity contribution is 7.99. The Morgan fingerprint density at radius 1 is 0.943 bits per heavy atom. The van der Waals surface area contributed by atoms with E-state index in [1.165, 1.54) is 11.8 Å². The Kier molecular flexibility index (Phi) is 7.66. The number of aromatic nitrogens is 4. The largest absolute Gasteiger partial charge is 0.325 e. The van der Waals surface area contributed by atoms with Crippen molar-refractivity contribution in [1.29, 1.82) is 0 Å². The van der Waals surface area contributed by atoms with Gasteiger partial charge in [-0.1, -0.05) is 75.9 Å². The summed E-state index contributed by atoms with van der Waals surface area (Å²) in [6.45, 7) is 10.6. The Morgan fingerprint density at radius 3 is 2.29 bits per heavy atom. The van der Waals surface area contributed by atoms with Crippen LogP contribution < -0.4 is 5.32 Å². The van der Waals surface area contributed by atoms with E-state index in [1.807, 2.05) is 34.9 Å². The lowest BCUT2D eigenvalue weighted by atomic mass is 9.92. The van der Waals surface area contributed by atoms with E-state index in [0.717, 1.165) is 33.6 Å². The first kappa shape index (κ1) is 24.7. The van der Waals surface area contributed by atoms with Gasteiger partial charge in [-0.3, -0.25) is 14.3 Å². The fourth-order valence-corrected chi connectivity index (χ4v) is 4.82. The maximum absolute atomic E-state index is 13.1. The Balaban J connectivity index is 1.63. The van der Waals surface area contributed by atoms with Crippen molar-refractivity contribution in [3.05, 3.63) is 83.7 Å². The van der Waals surface area contributed by atoms with Gasteiger partial charge in [0.1, 0.15) is 0 Å². The highest BCUT2D eigenvalue weighted by Gasteiger charge is 2.20. The van der Waals surface area contributed by atoms with E-state index in [9.17, 15) is 4.79 Å². The molecule has 180 valence electrons. The molecule has 2 aromatic heterocycles. The molecule has 0 saturated heterocycles. The standard InChI is InChI=1S/C28H31N5OS/c1-18(2)22-12-8-13-23(19(3)4)26(22)30-25(34)17-35-28-32-31-27(21-11-9-15-29-16-21)33(28)24-14-7-6-10-20(24)5/h6-16,18-19H,17H2,1-5H3,(H,30,34). The summed E-state index contributed by atoms with van der Waals surface area (Å²) in [7, 11) is 0. The van der Waals surface area contributed by atoms with E-state index in [1.54, 1.807) is 12.4 Å². The number of thioether (sulfide) groups is 1. The van der Waals surface area contributed by atoms with Crippen LogP contribution in [0.5, 0.6) is 0 Å². The van der Waals surface area contributed by atoms with Crippen molar-refractivity contribution < 1.29 is 4.79 Å². The molecular formula is C28H31N5OS. The second-order valence-electron chi connectivity index (χ2n) is 9.13. The van der Waals surface area contributed by atoms with Gasteiger partial charge in [0.25, 0.3) is 0 Å². The number of amides is 1. The van der Waals surface area contributed by atoms with E-state index in [4.69, 9.17) is 0 Å². The minimum absolute atomic E-state index is 0.0627. The third-order valence-corrected chi connectivity index (χ3v) is 6.81. The number of carbonyl (C=O) groups is 1. The van der Waals surface area contributed by atoms with E-state index in [-0.39, 0.29) is 11.7 Å². The molecule has 1 N–H and O–H groups in total. The third-order valence-electron chi connectivity index (χ3n) is 5.88. The summed E-state index contributed by atoms with van der Waals surface area (Å²) in [6.07, 6.45) is 3.51. The van der Waals surface area contributed by atoms with Gasteiger partial charge >= 0.3 is 0 Å². The summed E-state index contributed by atoms with van der Waals surface area (Å²) in [5.41, 5.74) is 6.17. The van der Waals surface area contributed by atoms with Gasteiger partial charge < -0.3 is 5.32 Å². The molecule has 0 aliphatic heterocycles. The topological polar surface area (TPSA) is 72.7 Å². The van der Waals surface area contributed by atoms with Crippen molar-refractivity contribution in [2.45, 2.75) is 51.6 Å². The molecule has 6 nitrogen and oxygen atoms in total. The maximum atomic E-state index is 13.1. The van der Waals surface area contributed by atoms with Crippen molar-refractivity contribution in [3.63, 3.8) is 0 Å². The molecule has 2 heterocycles. The molecule has 0 saturated carbocycles. The van der Waals surface area contributed by atoms with Crippen LogP contribution in [-0.2, 0) is 4.79 Å². The zero-order valence-corrected chi connectivity index (χ0v) is 21.6. The van der Waals surface area contributed by atoms with Crippen LogP contribution in [0.3, 0.4) is 0 Å². The lowest BCUT2D eigenvalue weighted by molar-refractivity contribution is -0.113. The number of para-hydroxylation sites is 2. The highest BCUT2D eigenvalue weighted by atomic mass is 32.2. The average molecular weight is 486 g/mol. The van der Waals surface area contributed by atoms with Crippen LogP contribution in [0, 0.1) is 6.92 Å². The molecule has 4 aromatic rings. The van der Waals surface area contributed by atoms with Gasteiger partial charge in [0.2, 0.25) is 5.91 Å². The van der Waals surface area contributed by atoms with E-state index < -0.39 is 0 Å². The van der Waals surface area contributed by atoms with Crippen LogP contribution >= 0.6 is 11.8 Å². The molecule has 0 radical (unpaired) electrons. The Morgan fingerprint density at radius 2 is 1.66 bits per heavy atom. The molecule has 0 aliphatic carbocycles. The molecule has 2 aromatic carbocycles. The second kappa shape index (κ2) is 10.9. The van der Waals surface area contributed by atoms with Gasteiger partial charge in [0.05, 0.1) is 11.4 Å². The molecule has 0 aliphatic rings. The number of rotatable bonds is 8. The summed E-state index contributed by atoms with van der Waals surface area (Å²) in [4.78, 5) is 17.4. The first-order valence-electron chi connectivity index (χ1n) is 11.8. The van der Waals surface area contributed by atoms with Crippen LogP contribution in [0.4, 0.5) is 5.69 Å². The Labute approximate surface area is 211 Å². The van der Waals surface area contributed by atoms with Crippen molar-refractivity contribution in [1.82, 2.24) is 19.7 Å². The van der Waals surface area contributed by atoms with Gasteiger partial charge in [-0.05, 0) is 53.6 Å². The molecule has 35 heavy (non-hydrogen) atoms. The lowest BCUT2D eigenvalue weighted by Gasteiger charge is -2.20. The summed E-state index contributed by atoms with van der Waals surface area (Å²) < 4.78 is 2.01. The number of pyridine rings is 1. The van der Waals surface area contributed by atoms with Crippen LogP contribution in [0.25, 0.3) is 17.1 Å². The SMILES string of the molecule is Cc1ccccc1-n1c(SCC(=O)Nc2c(C(C)C)cccc2C(C)C)nnc1-c1cccnc1. The van der Waals surface area contributed by atoms with Crippen LogP contribution in [0.15, 0.2) is 72.1 Å². The molecule has 7 heteroatoms. The smallest absolute Gasteiger partial charge is 0.234 e. The summed E-state index contributed by atoms with van der Waals surface area (Å²) in [6, 6.07) is 18.2. The third kappa shape index (κ3) is 5.46. The fraction of sp³-hybridized carbons (Fsp3) is 0.286. The van der Waals surface area contributed by atoms with Crippen LogP contribution in [0.2, 0.25) is 0 Å². The predicted octanol–water partition coefficient (Wildman–Crippen LogP) is 6.62. The fourth-order valence-electron chi connectivity index (χ4n) is 4.08. The maximum Gasteiger partial charge on any atom is 0.234 e. The number of hydrogen-bond acceptors (Lipinski definition) is 5. The molecule has 0 atom stereocenters. The molecule has 0 bridgehead atoms. The molecule has 0 fully saturated rings. The normalized spacial score (nSPS) is 11.3. The van der Waals surface area contributed by atoms with Crippen molar-refractivity contribution in [3.8, 4) is 17.1 Å². The van der Waals surface area contributed by atoms with Gasteiger partial charge in [-0.15, -0.1) is 10.2 Å².